The van der Waals surface area contributed by atoms with Crippen molar-refractivity contribution in [1.29, 1.82) is 0 Å². The van der Waals surface area contributed by atoms with Crippen LogP contribution in [0, 0.1) is 0 Å². The third-order valence-electron chi connectivity index (χ3n) is 2.75. The van der Waals surface area contributed by atoms with E-state index in [0.717, 1.165) is 22.2 Å². The summed E-state index contributed by atoms with van der Waals surface area (Å²) in [5.74, 6) is 0. The van der Waals surface area contributed by atoms with Crippen molar-refractivity contribution in [2.75, 3.05) is 0 Å². The fraction of sp³-hybridized carbons (Fsp3) is 0. The quantitative estimate of drug-likeness (QED) is 0.609. The first kappa shape index (κ1) is 9.04. The summed E-state index contributed by atoms with van der Waals surface area (Å²) >= 11 is 0. The van der Waals surface area contributed by atoms with E-state index in [-0.39, 0.29) is 0 Å². The van der Waals surface area contributed by atoms with E-state index >= 15 is 0 Å². The van der Waals surface area contributed by atoms with Gasteiger partial charge in [-0.3, -0.25) is 0 Å². The lowest BCUT2D eigenvalue weighted by molar-refractivity contribution is 0.205. The molecule has 0 radical (unpaired) electrons. The number of rotatable bonds is 1. The molecule has 3 aromatic rings. The molecule has 0 atom stereocenters. The number of fused-ring (bicyclic) bond motifs is 1. The van der Waals surface area contributed by atoms with Crippen LogP contribution in [0.1, 0.15) is 0 Å². The maximum absolute atomic E-state index is 10.1. The average molecular weight is 209 g/mol. The van der Waals surface area contributed by atoms with E-state index in [4.69, 9.17) is 0 Å². The van der Waals surface area contributed by atoms with Gasteiger partial charge in [-0.1, -0.05) is 48.5 Å². The van der Waals surface area contributed by atoms with Crippen LogP contribution in [0.25, 0.3) is 22.2 Å². The molecule has 0 unspecified atom stereocenters. The van der Waals surface area contributed by atoms with Crippen LogP contribution in [0.3, 0.4) is 0 Å². The summed E-state index contributed by atoms with van der Waals surface area (Å²) in [5, 5.41) is 11.1. The van der Waals surface area contributed by atoms with Crippen molar-refractivity contribution in [2.24, 2.45) is 0 Å². The molecule has 0 fully saturated rings. The van der Waals surface area contributed by atoms with Crippen molar-refractivity contribution in [3.63, 3.8) is 0 Å². The molecule has 0 amide bonds. The molecule has 0 bridgehead atoms. The minimum atomic E-state index is 0.821. The highest BCUT2D eigenvalue weighted by atomic mass is 16.5. The van der Waals surface area contributed by atoms with Crippen LogP contribution in [-0.2, 0) is 0 Å². The van der Waals surface area contributed by atoms with Crippen LogP contribution in [0.2, 0.25) is 0 Å². The summed E-state index contributed by atoms with van der Waals surface area (Å²) in [4.78, 5) is 0. The average Bonchev–Trinajstić information content (AvgIpc) is 2.69. The lowest BCUT2D eigenvalue weighted by Gasteiger charge is -2.01. The zero-order chi connectivity index (χ0) is 11.0. The highest BCUT2D eigenvalue weighted by Crippen LogP contribution is 2.26. The summed E-state index contributed by atoms with van der Waals surface area (Å²) in [6.45, 7) is 0. The largest absolute Gasteiger partial charge is 0.428 e. The Kier molecular flexibility index (Phi) is 1.93. The van der Waals surface area contributed by atoms with Gasteiger partial charge in [0.15, 0.2) is 0 Å². The van der Waals surface area contributed by atoms with E-state index < -0.39 is 0 Å². The van der Waals surface area contributed by atoms with E-state index in [1.54, 1.807) is 0 Å². The molecule has 0 aliphatic carbocycles. The van der Waals surface area contributed by atoms with Crippen LogP contribution in [-0.4, -0.2) is 9.94 Å². The number of nitrogens with zero attached hydrogens (tertiary/aromatic N) is 1. The van der Waals surface area contributed by atoms with Gasteiger partial charge in [0.25, 0.3) is 0 Å². The molecular formula is C14H11NO. The van der Waals surface area contributed by atoms with E-state index in [2.05, 4.69) is 0 Å². The summed E-state index contributed by atoms with van der Waals surface area (Å²) in [6.07, 6.45) is 0. The highest BCUT2D eigenvalue weighted by Gasteiger charge is 2.08. The second-order valence-corrected chi connectivity index (χ2v) is 3.77. The molecule has 3 rings (SSSR count). The Morgan fingerprint density at radius 3 is 2.25 bits per heavy atom. The summed E-state index contributed by atoms with van der Waals surface area (Å²) in [7, 11) is 0. The molecule has 1 N–H and O–H groups in total. The standard InChI is InChI=1S/C14H11NO/c16-15-13-9-5-4-8-12(13)10-14(15)11-6-2-1-3-7-11/h1-10,16H. The first-order chi connectivity index (χ1) is 7.86. The Labute approximate surface area is 93.3 Å². The predicted molar refractivity (Wildman–Crippen MR) is 64.6 cm³/mol. The second-order valence-electron chi connectivity index (χ2n) is 3.77. The van der Waals surface area contributed by atoms with Gasteiger partial charge in [0, 0.05) is 10.9 Å². The molecule has 0 saturated heterocycles. The van der Waals surface area contributed by atoms with E-state index in [1.165, 1.54) is 4.73 Å². The zero-order valence-electron chi connectivity index (χ0n) is 8.67. The first-order valence-electron chi connectivity index (χ1n) is 5.21. The molecule has 2 aromatic carbocycles. The van der Waals surface area contributed by atoms with Crippen LogP contribution in [0.5, 0.6) is 0 Å². The normalized spacial score (nSPS) is 10.8. The second kappa shape index (κ2) is 3.42. The zero-order valence-corrected chi connectivity index (χ0v) is 8.67. The van der Waals surface area contributed by atoms with E-state index in [1.807, 2.05) is 60.7 Å². The molecule has 16 heavy (non-hydrogen) atoms. The van der Waals surface area contributed by atoms with Gasteiger partial charge in [0.1, 0.15) is 0 Å². The van der Waals surface area contributed by atoms with Crippen LogP contribution in [0.4, 0.5) is 0 Å². The number of hydrogen-bond acceptors (Lipinski definition) is 1. The SMILES string of the molecule is On1c(-c2ccccc2)cc2ccccc21. The first-order valence-corrected chi connectivity index (χ1v) is 5.21. The maximum atomic E-state index is 10.1. The van der Waals surface area contributed by atoms with Gasteiger partial charge >= 0.3 is 0 Å². The number of para-hydroxylation sites is 1. The number of hydrogen-bond donors (Lipinski definition) is 1. The Hall–Kier alpha value is -2.22. The van der Waals surface area contributed by atoms with Crippen molar-refractivity contribution in [1.82, 2.24) is 4.73 Å². The third-order valence-corrected chi connectivity index (χ3v) is 2.75. The van der Waals surface area contributed by atoms with Crippen molar-refractivity contribution >= 4 is 10.9 Å². The van der Waals surface area contributed by atoms with Crippen molar-refractivity contribution < 1.29 is 5.21 Å². The van der Waals surface area contributed by atoms with Gasteiger partial charge in [-0.2, -0.15) is 4.73 Å². The molecule has 0 aliphatic heterocycles. The summed E-state index contributed by atoms with van der Waals surface area (Å²) in [5.41, 5.74) is 2.67. The topological polar surface area (TPSA) is 25.2 Å². The van der Waals surface area contributed by atoms with Crippen molar-refractivity contribution in [3.05, 3.63) is 60.7 Å². The van der Waals surface area contributed by atoms with Gasteiger partial charge in [-0.15, -0.1) is 0 Å². The molecule has 2 heteroatoms. The number of benzene rings is 2. The van der Waals surface area contributed by atoms with Gasteiger partial charge in [0.05, 0.1) is 11.2 Å². The maximum Gasteiger partial charge on any atom is 0.0878 e. The molecule has 78 valence electrons. The Bertz CT molecular complexity index is 626. The molecule has 1 aromatic heterocycles. The Balaban J connectivity index is 2.29. The summed E-state index contributed by atoms with van der Waals surface area (Å²) in [6, 6.07) is 19.7. The minimum Gasteiger partial charge on any atom is -0.428 e. The van der Waals surface area contributed by atoms with Gasteiger partial charge < -0.3 is 5.21 Å². The lowest BCUT2D eigenvalue weighted by Crippen LogP contribution is -1.92. The molecule has 2 nitrogen and oxygen atoms in total. The van der Waals surface area contributed by atoms with Crippen molar-refractivity contribution in [2.45, 2.75) is 0 Å². The van der Waals surface area contributed by atoms with Gasteiger partial charge in [-0.05, 0) is 12.1 Å². The number of aromatic nitrogens is 1. The third kappa shape index (κ3) is 1.27. The summed E-state index contributed by atoms with van der Waals surface area (Å²) < 4.78 is 1.24. The Morgan fingerprint density at radius 1 is 0.812 bits per heavy atom. The minimum absolute atomic E-state index is 0.821. The van der Waals surface area contributed by atoms with Gasteiger partial charge in [0.2, 0.25) is 0 Å². The lowest BCUT2D eigenvalue weighted by atomic mass is 10.1. The molecule has 0 aliphatic rings. The molecular weight excluding hydrogens is 198 g/mol. The van der Waals surface area contributed by atoms with Crippen LogP contribution >= 0.6 is 0 Å². The fourth-order valence-electron chi connectivity index (χ4n) is 1.96. The van der Waals surface area contributed by atoms with Crippen molar-refractivity contribution in [3.8, 4) is 11.3 Å². The predicted octanol–water partition coefficient (Wildman–Crippen LogP) is 3.55. The smallest absolute Gasteiger partial charge is 0.0878 e. The molecule has 0 spiro atoms. The fourth-order valence-corrected chi connectivity index (χ4v) is 1.96. The monoisotopic (exact) mass is 209 g/mol. The Morgan fingerprint density at radius 2 is 1.50 bits per heavy atom. The van der Waals surface area contributed by atoms with Crippen LogP contribution in [0.15, 0.2) is 60.7 Å². The van der Waals surface area contributed by atoms with Crippen LogP contribution < -0.4 is 0 Å². The van der Waals surface area contributed by atoms with E-state index in [9.17, 15) is 5.21 Å². The highest BCUT2D eigenvalue weighted by molar-refractivity contribution is 5.86. The molecule has 1 heterocycles. The molecule has 0 saturated carbocycles. The van der Waals surface area contributed by atoms with E-state index in [0.29, 0.717) is 0 Å². The van der Waals surface area contributed by atoms with Gasteiger partial charge in [-0.25, -0.2) is 0 Å².